The van der Waals surface area contributed by atoms with E-state index in [1.54, 1.807) is 0 Å². The molecule has 0 amide bonds. The second kappa shape index (κ2) is 16.1. The van der Waals surface area contributed by atoms with Crippen LogP contribution in [0.1, 0.15) is 75.8 Å². The molecule has 0 atom stereocenters. The minimum absolute atomic E-state index is 0. The number of aryl methyl sites for hydroxylation is 1. The number of hydrogen-bond acceptors (Lipinski definition) is 4. The lowest BCUT2D eigenvalue weighted by Gasteiger charge is -2.32. The van der Waals surface area contributed by atoms with E-state index >= 15 is 0 Å². The second-order valence-electron chi connectivity index (χ2n) is 11.6. The number of carbonyl (C=O) groups is 1. The van der Waals surface area contributed by atoms with Gasteiger partial charge in [0.2, 0.25) is 0 Å². The second-order valence-corrected chi connectivity index (χ2v) is 11.6. The normalized spacial score (nSPS) is 16.0. The van der Waals surface area contributed by atoms with Gasteiger partial charge in [0, 0.05) is 38.2 Å². The van der Waals surface area contributed by atoms with Gasteiger partial charge in [0.05, 0.1) is 11.6 Å². The Morgan fingerprint density at radius 2 is 1.51 bits per heavy atom. The van der Waals surface area contributed by atoms with Crippen LogP contribution >= 0.6 is 24.8 Å². The van der Waals surface area contributed by atoms with Crippen LogP contribution in [-0.4, -0.2) is 41.8 Å². The Morgan fingerprint density at radius 1 is 0.829 bits per heavy atom. The largest absolute Gasteiger partial charge is 0.299 e. The van der Waals surface area contributed by atoms with Crippen LogP contribution in [0.2, 0.25) is 0 Å². The van der Waals surface area contributed by atoms with E-state index in [9.17, 15) is 10.1 Å². The number of carbonyl (C=O) groups excluding carboxylic acids is 1. The van der Waals surface area contributed by atoms with Crippen LogP contribution in [-0.2, 0) is 25.9 Å². The van der Waals surface area contributed by atoms with Crippen molar-refractivity contribution in [3.63, 3.8) is 0 Å². The topological polar surface area (TPSA) is 47.3 Å². The van der Waals surface area contributed by atoms with Crippen molar-refractivity contribution in [1.29, 1.82) is 5.26 Å². The fraction of sp³-hybridized carbons (Fsp3) is 0.429. The van der Waals surface area contributed by atoms with Crippen LogP contribution in [0, 0.1) is 24.2 Å². The summed E-state index contributed by atoms with van der Waals surface area (Å²) in [6, 6.07) is 25.5. The summed E-state index contributed by atoms with van der Waals surface area (Å²) in [5, 5.41) is 9.19. The molecule has 3 aromatic carbocycles. The molecule has 2 aliphatic heterocycles. The summed E-state index contributed by atoms with van der Waals surface area (Å²) in [4.78, 5) is 18.1. The Hall–Kier alpha value is -2.68. The zero-order chi connectivity index (χ0) is 27.0. The molecule has 3 aromatic rings. The summed E-state index contributed by atoms with van der Waals surface area (Å²) in [7, 11) is 0. The van der Waals surface area contributed by atoms with Crippen LogP contribution in [0.25, 0.3) is 0 Å². The lowest BCUT2D eigenvalue weighted by Crippen LogP contribution is -2.33. The highest BCUT2D eigenvalue weighted by molar-refractivity contribution is 5.96. The average molecular weight is 593 g/mol. The lowest BCUT2D eigenvalue weighted by atomic mass is 9.90. The summed E-state index contributed by atoms with van der Waals surface area (Å²) in [5.74, 6) is 1.04. The van der Waals surface area contributed by atoms with Crippen LogP contribution in [0.3, 0.4) is 0 Å². The highest BCUT2D eigenvalue weighted by Gasteiger charge is 2.20. The molecule has 0 radical (unpaired) electrons. The maximum atomic E-state index is 13.1. The van der Waals surface area contributed by atoms with Crippen LogP contribution < -0.4 is 0 Å². The van der Waals surface area contributed by atoms with E-state index in [4.69, 9.17) is 0 Å². The number of fused-ring (bicyclic) bond motifs is 1. The zero-order valence-electron chi connectivity index (χ0n) is 24.2. The van der Waals surface area contributed by atoms with E-state index in [0.29, 0.717) is 12.2 Å². The third kappa shape index (κ3) is 9.42. The Kier molecular flexibility index (Phi) is 12.9. The SMILES string of the molecule is Cc1ccc(CN2CCC(CCCC(=O)c3ccc4c(c3)CCN(Cc3cccc(C#N)c3)CC4)CC2)cc1.Cl.Cl. The van der Waals surface area contributed by atoms with Crippen molar-refractivity contribution in [2.75, 3.05) is 26.2 Å². The average Bonchev–Trinajstić information content (AvgIpc) is 3.17. The Labute approximate surface area is 258 Å². The van der Waals surface area contributed by atoms with Gasteiger partial charge in [-0.05, 0) is 105 Å². The first-order chi connectivity index (χ1) is 19.1. The van der Waals surface area contributed by atoms with Gasteiger partial charge in [-0.2, -0.15) is 5.26 Å². The summed E-state index contributed by atoms with van der Waals surface area (Å²) < 4.78 is 0. The fourth-order valence-electron chi connectivity index (χ4n) is 6.18. The van der Waals surface area contributed by atoms with Crippen molar-refractivity contribution < 1.29 is 4.79 Å². The molecule has 218 valence electrons. The molecule has 0 aliphatic carbocycles. The maximum absolute atomic E-state index is 13.1. The van der Waals surface area contributed by atoms with Gasteiger partial charge in [-0.15, -0.1) is 24.8 Å². The first kappa shape index (κ1) is 32.8. The molecule has 4 nitrogen and oxygen atoms in total. The quantitative estimate of drug-likeness (QED) is 0.241. The molecule has 0 bridgehead atoms. The van der Waals surface area contributed by atoms with E-state index in [1.165, 1.54) is 40.7 Å². The van der Waals surface area contributed by atoms with Gasteiger partial charge in [-0.1, -0.05) is 54.1 Å². The van der Waals surface area contributed by atoms with Gasteiger partial charge < -0.3 is 0 Å². The zero-order valence-corrected chi connectivity index (χ0v) is 25.8. The first-order valence-corrected chi connectivity index (χ1v) is 14.7. The molecule has 0 spiro atoms. The maximum Gasteiger partial charge on any atom is 0.162 e. The standard InChI is InChI=1S/C35H41N3O.2ClH/c1-27-8-10-29(11-9-27)25-37-18-14-28(15-19-37)4-3-7-35(39)34-13-12-32-16-20-38(21-17-33(32)23-34)26-31-6-2-5-30(22-31)24-36;;/h2,5-6,8-13,22-23,28H,3-4,7,14-21,25-26H2,1H3;2*1H. The van der Waals surface area contributed by atoms with Gasteiger partial charge in [0.25, 0.3) is 0 Å². The van der Waals surface area contributed by atoms with Gasteiger partial charge in [0.1, 0.15) is 0 Å². The summed E-state index contributed by atoms with van der Waals surface area (Å²) >= 11 is 0. The Morgan fingerprint density at radius 3 is 2.24 bits per heavy atom. The van der Waals surface area contributed by atoms with Crippen LogP contribution in [0.4, 0.5) is 0 Å². The molecule has 5 rings (SSSR count). The van der Waals surface area contributed by atoms with Crippen molar-refractivity contribution in [1.82, 2.24) is 9.80 Å². The molecule has 1 saturated heterocycles. The van der Waals surface area contributed by atoms with Crippen LogP contribution in [0.15, 0.2) is 66.7 Å². The third-order valence-electron chi connectivity index (χ3n) is 8.64. The summed E-state index contributed by atoms with van der Waals surface area (Å²) in [6.07, 6.45) is 7.28. The number of rotatable bonds is 9. The van der Waals surface area contributed by atoms with Crippen molar-refractivity contribution >= 4 is 30.6 Å². The monoisotopic (exact) mass is 591 g/mol. The predicted octanol–water partition coefficient (Wildman–Crippen LogP) is 7.58. The third-order valence-corrected chi connectivity index (χ3v) is 8.64. The minimum atomic E-state index is 0. The van der Waals surface area contributed by atoms with E-state index in [2.05, 4.69) is 71.3 Å². The van der Waals surface area contributed by atoms with Gasteiger partial charge in [0.15, 0.2) is 5.78 Å². The number of nitrogens with zero attached hydrogens (tertiary/aromatic N) is 3. The summed E-state index contributed by atoms with van der Waals surface area (Å²) in [5.41, 5.74) is 8.22. The Bertz CT molecular complexity index is 1310. The first-order valence-electron chi connectivity index (χ1n) is 14.7. The smallest absolute Gasteiger partial charge is 0.162 e. The molecule has 1 fully saturated rings. The molecule has 6 heteroatoms. The fourth-order valence-corrected chi connectivity index (χ4v) is 6.18. The molecule has 2 heterocycles. The number of Topliss-reactive ketones (excluding diaryl/α,β-unsaturated/α-hetero) is 1. The Balaban J connectivity index is 0.00000231. The molecule has 41 heavy (non-hydrogen) atoms. The predicted molar refractivity (Wildman–Crippen MR) is 172 cm³/mol. The van der Waals surface area contributed by atoms with Gasteiger partial charge in [-0.3, -0.25) is 14.6 Å². The molecule has 0 unspecified atom stereocenters. The number of benzene rings is 3. The number of hydrogen-bond donors (Lipinski definition) is 0. The van der Waals surface area contributed by atoms with Crippen LogP contribution in [0.5, 0.6) is 0 Å². The molecule has 0 saturated carbocycles. The highest BCUT2D eigenvalue weighted by Crippen LogP contribution is 2.25. The molecular weight excluding hydrogens is 549 g/mol. The van der Waals surface area contributed by atoms with E-state index < -0.39 is 0 Å². The number of nitriles is 1. The van der Waals surface area contributed by atoms with Crippen molar-refractivity contribution in [3.8, 4) is 6.07 Å². The number of ketones is 1. The van der Waals surface area contributed by atoms with Gasteiger partial charge >= 0.3 is 0 Å². The molecule has 2 aliphatic rings. The molecule has 0 aromatic heterocycles. The van der Waals surface area contributed by atoms with E-state index in [0.717, 1.165) is 82.0 Å². The van der Waals surface area contributed by atoms with E-state index in [1.807, 2.05) is 18.2 Å². The number of halogens is 2. The highest BCUT2D eigenvalue weighted by atomic mass is 35.5. The van der Waals surface area contributed by atoms with Crippen molar-refractivity contribution in [2.45, 2.75) is 65.0 Å². The number of likely N-dealkylation sites (tertiary alicyclic amines) is 1. The molecular formula is C35H43Cl2N3O. The van der Waals surface area contributed by atoms with Gasteiger partial charge in [-0.25, -0.2) is 0 Å². The van der Waals surface area contributed by atoms with E-state index in [-0.39, 0.29) is 24.8 Å². The summed E-state index contributed by atoms with van der Waals surface area (Å²) in [6.45, 7) is 8.36. The van der Waals surface area contributed by atoms with Crippen molar-refractivity contribution in [2.24, 2.45) is 5.92 Å². The minimum Gasteiger partial charge on any atom is -0.299 e. The lowest BCUT2D eigenvalue weighted by molar-refractivity contribution is 0.0974. The van der Waals surface area contributed by atoms with Crippen molar-refractivity contribution in [3.05, 3.63) is 106 Å². The number of piperidine rings is 1. The molecule has 0 N–H and O–H groups in total.